The van der Waals surface area contributed by atoms with Gasteiger partial charge in [-0.15, -0.1) is 0 Å². The number of hydrogen-bond acceptors (Lipinski definition) is 5. The Balaban J connectivity index is 1.73. The Morgan fingerprint density at radius 3 is 2.60 bits per heavy atom. The van der Waals surface area contributed by atoms with E-state index in [0.717, 1.165) is 6.41 Å². The molecule has 1 aromatic carbocycles. The number of hydrogen-bond donors (Lipinski definition) is 1. The molecule has 1 aromatic heterocycles. The Bertz CT molecular complexity index is 794. The Hall–Kier alpha value is -2.38. The molecule has 0 saturated carbocycles. The Kier molecular flexibility index (Phi) is 5.35. The lowest BCUT2D eigenvalue weighted by Gasteiger charge is -2.33. The zero-order valence-electron chi connectivity index (χ0n) is 13.2. The molecule has 0 unspecified atom stereocenters. The summed E-state index contributed by atoms with van der Waals surface area (Å²) >= 11 is 12.0. The van der Waals surface area contributed by atoms with Crippen LogP contribution in [0.5, 0.6) is 0 Å². The minimum Gasteiger partial charge on any atom is -0.353 e. The van der Waals surface area contributed by atoms with Crippen molar-refractivity contribution >= 4 is 47.0 Å². The predicted molar refractivity (Wildman–Crippen MR) is 96.3 cm³/mol. The van der Waals surface area contributed by atoms with Crippen molar-refractivity contribution in [2.75, 3.05) is 36.4 Å². The first-order valence-corrected chi connectivity index (χ1v) is 8.35. The van der Waals surface area contributed by atoms with E-state index in [2.05, 4.69) is 15.3 Å². The first kappa shape index (κ1) is 17.4. The van der Waals surface area contributed by atoms with Gasteiger partial charge < -0.3 is 15.1 Å². The monoisotopic (exact) mass is 379 g/mol. The predicted octanol–water partition coefficient (Wildman–Crippen LogP) is 2.31. The van der Waals surface area contributed by atoms with Crippen LogP contribution in [0.3, 0.4) is 0 Å². The summed E-state index contributed by atoms with van der Waals surface area (Å²) in [5, 5.41) is 3.55. The van der Waals surface area contributed by atoms with Crippen molar-refractivity contribution in [3.63, 3.8) is 0 Å². The molecule has 1 aliphatic rings. The molecule has 130 valence electrons. The topological polar surface area (TPSA) is 78.4 Å². The molecule has 25 heavy (non-hydrogen) atoms. The molecule has 1 fully saturated rings. The van der Waals surface area contributed by atoms with Gasteiger partial charge in [-0.05, 0) is 18.2 Å². The Morgan fingerprint density at radius 1 is 1.12 bits per heavy atom. The maximum absolute atomic E-state index is 12.4. The van der Waals surface area contributed by atoms with Gasteiger partial charge in [0.05, 0.1) is 10.7 Å². The highest BCUT2D eigenvalue weighted by Gasteiger charge is 2.18. The van der Waals surface area contributed by atoms with Crippen molar-refractivity contribution in [1.29, 1.82) is 0 Å². The molecule has 0 bridgehead atoms. The van der Waals surface area contributed by atoms with E-state index in [1.54, 1.807) is 29.2 Å². The number of piperazine rings is 1. The van der Waals surface area contributed by atoms with E-state index in [1.165, 1.54) is 6.33 Å². The standard InChI is InChI=1S/C16H15Cl2N5O2/c17-11-1-2-12(18)13(7-11)21-16(25)14-8-15(20-9-19-14)23-5-3-22(10-24)4-6-23/h1-2,7-10H,3-6H2,(H,21,25). The first-order chi connectivity index (χ1) is 12.1. The molecule has 1 N–H and O–H groups in total. The number of anilines is 2. The highest BCUT2D eigenvalue weighted by molar-refractivity contribution is 6.35. The van der Waals surface area contributed by atoms with E-state index in [0.29, 0.717) is 47.7 Å². The van der Waals surface area contributed by atoms with Gasteiger partial charge in [-0.25, -0.2) is 9.97 Å². The molecule has 9 heteroatoms. The van der Waals surface area contributed by atoms with Crippen molar-refractivity contribution in [2.45, 2.75) is 0 Å². The van der Waals surface area contributed by atoms with Crippen molar-refractivity contribution in [3.05, 3.63) is 46.3 Å². The van der Waals surface area contributed by atoms with Crippen LogP contribution in [0.2, 0.25) is 10.0 Å². The molecular weight excluding hydrogens is 365 g/mol. The van der Waals surface area contributed by atoms with Crippen molar-refractivity contribution in [3.8, 4) is 0 Å². The second-order valence-corrected chi connectivity index (χ2v) is 6.31. The van der Waals surface area contributed by atoms with E-state index < -0.39 is 5.91 Å². The third kappa shape index (κ3) is 4.18. The number of nitrogens with one attached hydrogen (secondary N) is 1. The first-order valence-electron chi connectivity index (χ1n) is 7.59. The molecule has 1 aliphatic heterocycles. The van der Waals surface area contributed by atoms with Crippen LogP contribution in [0.4, 0.5) is 11.5 Å². The largest absolute Gasteiger partial charge is 0.353 e. The van der Waals surface area contributed by atoms with Crippen LogP contribution >= 0.6 is 23.2 Å². The van der Waals surface area contributed by atoms with E-state index in [-0.39, 0.29) is 5.69 Å². The van der Waals surface area contributed by atoms with E-state index in [1.807, 2.05) is 4.90 Å². The van der Waals surface area contributed by atoms with Crippen LogP contribution in [0, 0.1) is 0 Å². The normalized spacial score (nSPS) is 14.3. The number of nitrogens with zero attached hydrogens (tertiary/aromatic N) is 4. The molecule has 2 aromatic rings. The van der Waals surface area contributed by atoms with E-state index in [9.17, 15) is 9.59 Å². The van der Waals surface area contributed by atoms with Gasteiger partial charge in [0, 0.05) is 37.3 Å². The summed E-state index contributed by atoms with van der Waals surface area (Å²) in [7, 11) is 0. The van der Waals surface area contributed by atoms with Gasteiger partial charge in [0.1, 0.15) is 17.8 Å². The second-order valence-electron chi connectivity index (χ2n) is 5.47. The van der Waals surface area contributed by atoms with Crippen LogP contribution in [0.1, 0.15) is 10.5 Å². The molecule has 0 spiro atoms. The fourth-order valence-corrected chi connectivity index (χ4v) is 2.82. The lowest BCUT2D eigenvalue weighted by Crippen LogP contribution is -2.46. The van der Waals surface area contributed by atoms with Crippen LogP contribution < -0.4 is 10.2 Å². The zero-order chi connectivity index (χ0) is 17.8. The number of aromatic nitrogens is 2. The highest BCUT2D eigenvalue weighted by Crippen LogP contribution is 2.26. The fourth-order valence-electron chi connectivity index (χ4n) is 2.48. The average Bonchev–Trinajstić information content (AvgIpc) is 2.65. The molecule has 0 radical (unpaired) electrons. The summed E-state index contributed by atoms with van der Waals surface area (Å²) in [4.78, 5) is 35.2. The van der Waals surface area contributed by atoms with Crippen molar-refractivity contribution in [1.82, 2.24) is 14.9 Å². The summed E-state index contributed by atoms with van der Waals surface area (Å²) in [5.41, 5.74) is 0.637. The number of halogens is 2. The average molecular weight is 380 g/mol. The summed E-state index contributed by atoms with van der Waals surface area (Å²) in [6, 6.07) is 6.44. The molecule has 2 heterocycles. The molecule has 2 amide bonds. The van der Waals surface area contributed by atoms with Crippen molar-refractivity contribution in [2.24, 2.45) is 0 Å². The molecule has 7 nitrogen and oxygen atoms in total. The van der Waals surface area contributed by atoms with Crippen LogP contribution in [0.15, 0.2) is 30.6 Å². The van der Waals surface area contributed by atoms with E-state index in [4.69, 9.17) is 23.2 Å². The lowest BCUT2D eigenvalue weighted by molar-refractivity contribution is -0.118. The summed E-state index contributed by atoms with van der Waals surface area (Å²) < 4.78 is 0. The Morgan fingerprint density at radius 2 is 1.88 bits per heavy atom. The van der Waals surface area contributed by atoms with Crippen LogP contribution in [-0.2, 0) is 4.79 Å². The summed E-state index contributed by atoms with van der Waals surface area (Å²) in [6.45, 7) is 2.54. The van der Waals surface area contributed by atoms with Crippen LogP contribution in [-0.4, -0.2) is 53.4 Å². The zero-order valence-corrected chi connectivity index (χ0v) is 14.7. The maximum Gasteiger partial charge on any atom is 0.274 e. The number of carbonyl (C=O) groups excluding carboxylic acids is 2. The molecule has 0 atom stereocenters. The molecular formula is C16H15Cl2N5O2. The highest BCUT2D eigenvalue weighted by atomic mass is 35.5. The number of rotatable bonds is 4. The van der Waals surface area contributed by atoms with Gasteiger partial charge in [0.15, 0.2) is 0 Å². The smallest absolute Gasteiger partial charge is 0.274 e. The van der Waals surface area contributed by atoms with Gasteiger partial charge in [0.25, 0.3) is 5.91 Å². The number of benzene rings is 1. The van der Waals surface area contributed by atoms with Gasteiger partial charge >= 0.3 is 0 Å². The van der Waals surface area contributed by atoms with Gasteiger partial charge in [0.2, 0.25) is 6.41 Å². The quantitative estimate of drug-likeness (QED) is 0.824. The molecule has 1 saturated heterocycles. The van der Waals surface area contributed by atoms with Gasteiger partial charge in [-0.1, -0.05) is 23.2 Å². The van der Waals surface area contributed by atoms with Crippen LogP contribution in [0.25, 0.3) is 0 Å². The molecule has 3 rings (SSSR count). The second kappa shape index (κ2) is 7.67. The van der Waals surface area contributed by atoms with Crippen molar-refractivity contribution < 1.29 is 9.59 Å². The lowest BCUT2D eigenvalue weighted by atomic mass is 10.2. The Labute approximate surface area is 154 Å². The van der Waals surface area contributed by atoms with Gasteiger partial charge in [-0.3, -0.25) is 9.59 Å². The summed E-state index contributed by atoms with van der Waals surface area (Å²) in [5.74, 6) is 0.238. The SMILES string of the molecule is O=CN1CCN(c2cc(C(=O)Nc3cc(Cl)ccc3Cl)ncn2)CC1. The third-order valence-corrected chi connectivity index (χ3v) is 4.41. The van der Waals surface area contributed by atoms with Gasteiger partial charge in [-0.2, -0.15) is 0 Å². The minimum atomic E-state index is -0.403. The third-order valence-electron chi connectivity index (χ3n) is 3.85. The minimum absolute atomic E-state index is 0.221. The number of carbonyl (C=O) groups is 2. The maximum atomic E-state index is 12.4. The number of amides is 2. The summed E-state index contributed by atoms with van der Waals surface area (Å²) in [6.07, 6.45) is 2.18. The van der Waals surface area contributed by atoms with E-state index >= 15 is 0 Å². The molecule has 0 aliphatic carbocycles. The fraction of sp³-hybridized carbons (Fsp3) is 0.250.